The molecule has 3 aromatic carbocycles. The van der Waals surface area contributed by atoms with Crippen LogP contribution in [0.4, 0.5) is 4.39 Å². The Labute approximate surface area is 131 Å². The van der Waals surface area contributed by atoms with Crippen LogP contribution in [-0.2, 0) is 5.75 Å². The summed E-state index contributed by atoms with van der Waals surface area (Å²) in [6.07, 6.45) is 0. The van der Waals surface area contributed by atoms with Crippen molar-refractivity contribution < 1.29 is 9.50 Å². The van der Waals surface area contributed by atoms with Crippen LogP contribution in [0, 0.1) is 5.82 Å². The van der Waals surface area contributed by atoms with E-state index in [1.165, 1.54) is 6.07 Å². The lowest BCUT2D eigenvalue weighted by Gasteiger charge is -2.08. The van der Waals surface area contributed by atoms with Gasteiger partial charge in [0.25, 0.3) is 0 Å². The first kappa shape index (κ1) is 14.2. The van der Waals surface area contributed by atoms with Gasteiger partial charge in [-0.25, -0.2) is 4.39 Å². The fraction of sp³-hybridized carbons (Fsp3) is 0.0588. The molecule has 0 heterocycles. The van der Waals surface area contributed by atoms with Crippen molar-refractivity contribution in [3.05, 3.63) is 71.0 Å². The van der Waals surface area contributed by atoms with Gasteiger partial charge in [-0.1, -0.05) is 41.9 Å². The zero-order valence-corrected chi connectivity index (χ0v) is 12.6. The maximum atomic E-state index is 13.1. The number of thioether (sulfide) groups is 1. The molecule has 0 bridgehead atoms. The highest BCUT2D eigenvalue weighted by Gasteiger charge is 2.06. The number of halogens is 2. The molecule has 1 nitrogen and oxygen atoms in total. The Hall–Kier alpha value is -1.71. The van der Waals surface area contributed by atoms with E-state index < -0.39 is 5.82 Å². The van der Waals surface area contributed by atoms with Gasteiger partial charge in [0, 0.05) is 16.0 Å². The van der Waals surface area contributed by atoms with Gasteiger partial charge in [-0.05, 0) is 35.2 Å². The first-order valence-electron chi connectivity index (χ1n) is 6.42. The lowest BCUT2D eigenvalue weighted by atomic mass is 10.1. The van der Waals surface area contributed by atoms with Crippen molar-refractivity contribution >= 4 is 34.1 Å². The predicted molar refractivity (Wildman–Crippen MR) is 86.6 cm³/mol. The molecule has 4 heteroatoms. The molecular formula is C17H12ClFOS. The third-order valence-electron chi connectivity index (χ3n) is 3.24. The predicted octanol–water partition coefficient (Wildman–Crippen LogP) is 5.63. The van der Waals surface area contributed by atoms with Crippen LogP contribution in [0.1, 0.15) is 5.56 Å². The monoisotopic (exact) mass is 318 g/mol. The van der Waals surface area contributed by atoms with E-state index in [1.807, 2.05) is 30.3 Å². The average molecular weight is 319 g/mol. The Morgan fingerprint density at radius 2 is 1.76 bits per heavy atom. The molecule has 0 fully saturated rings. The lowest BCUT2D eigenvalue weighted by Crippen LogP contribution is -1.85. The van der Waals surface area contributed by atoms with Crippen LogP contribution in [0.5, 0.6) is 5.75 Å². The summed E-state index contributed by atoms with van der Waals surface area (Å²) in [5.74, 6) is 0.565. The molecule has 3 aromatic rings. The van der Waals surface area contributed by atoms with E-state index in [9.17, 15) is 9.50 Å². The number of aromatic hydroxyl groups is 1. The van der Waals surface area contributed by atoms with E-state index in [4.69, 9.17) is 11.6 Å². The van der Waals surface area contributed by atoms with Crippen molar-refractivity contribution in [3.8, 4) is 5.75 Å². The smallest absolute Gasteiger partial charge is 0.141 e. The fourth-order valence-electron chi connectivity index (χ4n) is 2.17. The molecule has 0 spiro atoms. The van der Waals surface area contributed by atoms with Gasteiger partial charge in [0.05, 0.1) is 5.02 Å². The van der Waals surface area contributed by atoms with Gasteiger partial charge in [-0.15, -0.1) is 11.8 Å². The Morgan fingerprint density at radius 3 is 2.52 bits per heavy atom. The van der Waals surface area contributed by atoms with E-state index in [0.29, 0.717) is 5.75 Å². The van der Waals surface area contributed by atoms with Crippen LogP contribution >= 0.6 is 23.4 Å². The van der Waals surface area contributed by atoms with E-state index >= 15 is 0 Å². The molecule has 3 rings (SSSR count). The topological polar surface area (TPSA) is 20.2 Å². The standard InChI is InChI=1S/C17H12ClFOS/c18-14-9-11(5-6-15(14)19)10-21-17-8-7-16(20)12-3-1-2-4-13(12)17/h1-9,20H,10H2. The molecule has 0 unspecified atom stereocenters. The molecule has 0 saturated heterocycles. The largest absolute Gasteiger partial charge is 0.507 e. The Balaban J connectivity index is 1.88. The molecule has 0 aliphatic rings. The zero-order valence-electron chi connectivity index (χ0n) is 11.0. The molecular weight excluding hydrogens is 307 g/mol. The molecule has 0 radical (unpaired) electrons. The molecule has 0 amide bonds. The van der Waals surface area contributed by atoms with Gasteiger partial charge < -0.3 is 5.11 Å². The highest BCUT2D eigenvalue weighted by atomic mass is 35.5. The van der Waals surface area contributed by atoms with Crippen molar-refractivity contribution in [2.24, 2.45) is 0 Å². The number of benzene rings is 3. The van der Waals surface area contributed by atoms with Gasteiger partial charge in [0.2, 0.25) is 0 Å². The maximum Gasteiger partial charge on any atom is 0.141 e. The van der Waals surface area contributed by atoms with Gasteiger partial charge in [0.1, 0.15) is 11.6 Å². The van der Waals surface area contributed by atoms with E-state index in [-0.39, 0.29) is 10.8 Å². The summed E-state index contributed by atoms with van der Waals surface area (Å²) in [7, 11) is 0. The van der Waals surface area contributed by atoms with Crippen LogP contribution in [0.2, 0.25) is 5.02 Å². The average Bonchev–Trinajstić information content (AvgIpc) is 2.50. The van der Waals surface area contributed by atoms with Crippen LogP contribution in [0.15, 0.2) is 59.5 Å². The minimum Gasteiger partial charge on any atom is -0.507 e. The SMILES string of the molecule is Oc1ccc(SCc2ccc(F)c(Cl)c2)c2ccccc12. The van der Waals surface area contributed by atoms with E-state index in [0.717, 1.165) is 21.2 Å². The van der Waals surface area contributed by atoms with Crippen LogP contribution < -0.4 is 0 Å². The van der Waals surface area contributed by atoms with Crippen LogP contribution in [-0.4, -0.2) is 5.11 Å². The Kier molecular flexibility index (Phi) is 4.04. The minimum absolute atomic E-state index is 0.142. The zero-order chi connectivity index (χ0) is 14.8. The molecule has 0 aliphatic heterocycles. The van der Waals surface area contributed by atoms with Gasteiger partial charge in [-0.3, -0.25) is 0 Å². The first-order chi connectivity index (χ1) is 10.1. The van der Waals surface area contributed by atoms with Crippen molar-refractivity contribution in [1.29, 1.82) is 0 Å². The van der Waals surface area contributed by atoms with E-state index in [1.54, 1.807) is 30.0 Å². The quantitative estimate of drug-likeness (QED) is 0.631. The van der Waals surface area contributed by atoms with Gasteiger partial charge in [0.15, 0.2) is 0 Å². The highest BCUT2D eigenvalue weighted by Crippen LogP contribution is 2.35. The van der Waals surface area contributed by atoms with Crippen molar-refractivity contribution in [2.45, 2.75) is 10.6 Å². The minimum atomic E-state index is -0.402. The second kappa shape index (κ2) is 5.96. The van der Waals surface area contributed by atoms with Crippen molar-refractivity contribution in [1.82, 2.24) is 0 Å². The third-order valence-corrected chi connectivity index (χ3v) is 4.67. The number of hydrogen-bond donors (Lipinski definition) is 1. The number of phenols is 1. The van der Waals surface area contributed by atoms with E-state index in [2.05, 4.69) is 0 Å². The molecule has 0 aliphatic carbocycles. The number of fused-ring (bicyclic) bond motifs is 1. The third kappa shape index (κ3) is 2.99. The highest BCUT2D eigenvalue weighted by molar-refractivity contribution is 7.98. The molecule has 0 aromatic heterocycles. The Bertz CT molecular complexity index is 804. The number of hydrogen-bond acceptors (Lipinski definition) is 2. The van der Waals surface area contributed by atoms with Crippen LogP contribution in [0.25, 0.3) is 10.8 Å². The normalized spacial score (nSPS) is 11.0. The Morgan fingerprint density at radius 1 is 1.00 bits per heavy atom. The molecule has 1 N–H and O–H groups in total. The van der Waals surface area contributed by atoms with Gasteiger partial charge in [-0.2, -0.15) is 0 Å². The summed E-state index contributed by atoms with van der Waals surface area (Å²) in [6, 6.07) is 16.1. The first-order valence-corrected chi connectivity index (χ1v) is 7.79. The van der Waals surface area contributed by atoms with Crippen molar-refractivity contribution in [3.63, 3.8) is 0 Å². The second-order valence-electron chi connectivity index (χ2n) is 4.67. The fourth-order valence-corrected chi connectivity index (χ4v) is 3.37. The number of rotatable bonds is 3. The molecule has 0 saturated carbocycles. The summed E-state index contributed by atoms with van der Waals surface area (Å²) in [5.41, 5.74) is 0.962. The second-order valence-corrected chi connectivity index (χ2v) is 6.09. The number of phenolic OH excluding ortho intramolecular Hbond substituents is 1. The maximum absolute atomic E-state index is 13.1. The van der Waals surface area contributed by atoms with Crippen LogP contribution in [0.3, 0.4) is 0 Å². The molecule has 106 valence electrons. The lowest BCUT2D eigenvalue weighted by molar-refractivity contribution is 0.481. The van der Waals surface area contributed by atoms with Gasteiger partial charge >= 0.3 is 0 Å². The molecule has 21 heavy (non-hydrogen) atoms. The van der Waals surface area contributed by atoms with Crippen molar-refractivity contribution in [2.75, 3.05) is 0 Å². The summed E-state index contributed by atoms with van der Waals surface area (Å²) in [5, 5.41) is 11.9. The summed E-state index contributed by atoms with van der Waals surface area (Å²) in [4.78, 5) is 1.07. The summed E-state index contributed by atoms with van der Waals surface area (Å²) in [6.45, 7) is 0. The summed E-state index contributed by atoms with van der Waals surface area (Å²) >= 11 is 7.43. The summed E-state index contributed by atoms with van der Waals surface area (Å²) < 4.78 is 13.1. The molecule has 0 atom stereocenters.